The van der Waals surface area contributed by atoms with E-state index in [1.165, 1.54) is 12.1 Å². The number of ether oxygens (including phenoxy) is 2. The molecule has 3 atom stereocenters. The minimum Gasteiger partial charge on any atom is -0.491 e. The molecule has 3 fully saturated rings. The van der Waals surface area contributed by atoms with E-state index in [0.29, 0.717) is 43.8 Å². The van der Waals surface area contributed by atoms with Crippen molar-refractivity contribution in [3.05, 3.63) is 47.0 Å². The lowest BCUT2D eigenvalue weighted by Crippen LogP contribution is -2.53. The van der Waals surface area contributed by atoms with Gasteiger partial charge in [0.1, 0.15) is 36.5 Å². The molecule has 4 aromatic rings. The smallest absolute Gasteiger partial charge is 0.319 e. The van der Waals surface area contributed by atoms with E-state index >= 15 is 8.78 Å². The molecule has 0 radical (unpaired) electrons. The third kappa shape index (κ3) is 4.26. The molecule has 4 aliphatic rings. The van der Waals surface area contributed by atoms with Crippen LogP contribution in [0.15, 0.2) is 18.2 Å². The average Bonchev–Trinajstić information content (AvgIpc) is 3.52. The van der Waals surface area contributed by atoms with E-state index in [4.69, 9.17) is 26.6 Å². The third-order valence-corrected chi connectivity index (χ3v) is 9.81. The van der Waals surface area contributed by atoms with Crippen LogP contribution in [0.4, 0.5) is 33.5 Å². The molecule has 0 amide bonds. The Morgan fingerprint density at radius 2 is 1.91 bits per heavy atom. The fourth-order valence-corrected chi connectivity index (χ4v) is 7.70. The van der Waals surface area contributed by atoms with E-state index in [0.717, 1.165) is 25.5 Å². The fraction of sp³-hybridized carbons (Fsp3) is 0.394. The number of alkyl halides is 1. The quantitative estimate of drug-likeness (QED) is 0.144. The van der Waals surface area contributed by atoms with Crippen molar-refractivity contribution in [1.82, 2.24) is 20.2 Å². The van der Waals surface area contributed by atoms with Gasteiger partial charge in [-0.2, -0.15) is 9.97 Å². The molecular formula is C33H29F5N6O2. The van der Waals surface area contributed by atoms with Gasteiger partial charge in [-0.05, 0) is 43.1 Å². The summed E-state index contributed by atoms with van der Waals surface area (Å²) in [6, 6.07) is 3.60. The standard InChI is InChI=1S/C33H29F5N6O2/c1-2-19-24-20(8-17(39)9-22(24)27(36)29(38)26(19)35)21-10-23-25-30(28(21)37)41-32(42-31(25)44-7-5-40-12-18(44)14-45-23)46-15-33-4-3-6-43(33)13-16(34)11-33/h1,8-10,16,18,40H,3-7,11-15,39H2/t16-,18+,33+/m1/s1. The van der Waals surface area contributed by atoms with Crippen LogP contribution in [0.1, 0.15) is 24.8 Å². The zero-order chi connectivity index (χ0) is 31.9. The van der Waals surface area contributed by atoms with Crippen LogP contribution in [0.2, 0.25) is 0 Å². The van der Waals surface area contributed by atoms with Crippen LogP contribution in [0.5, 0.6) is 11.8 Å². The number of aromatic nitrogens is 2. The maximum absolute atomic E-state index is 16.9. The van der Waals surface area contributed by atoms with Crippen molar-refractivity contribution in [3.63, 3.8) is 0 Å². The number of piperazine rings is 1. The van der Waals surface area contributed by atoms with Crippen molar-refractivity contribution in [2.45, 2.75) is 37.0 Å². The largest absolute Gasteiger partial charge is 0.491 e. The van der Waals surface area contributed by atoms with E-state index in [2.05, 4.69) is 21.1 Å². The first-order chi connectivity index (χ1) is 22.2. The van der Waals surface area contributed by atoms with Crippen LogP contribution in [0, 0.1) is 35.6 Å². The molecule has 8 rings (SSSR count). The van der Waals surface area contributed by atoms with Gasteiger partial charge in [0.15, 0.2) is 23.3 Å². The lowest BCUT2D eigenvalue weighted by molar-refractivity contribution is 0.107. The lowest BCUT2D eigenvalue weighted by atomic mass is 9.92. The lowest BCUT2D eigenvalue weighted by Gasteiger charge is -2.35. The van der Waals surface area contributed by atoms with Gasteiger partial charge in [0.25, 0.3) is 0 Å². The molecule has 0 spiro atoms. The average molecular weight is 637 g/mol. The second kappa shape index (κ2) is 10.6. The summed E-state index contributed by atoms with van der Waals surface area (Å²) < 4.78 is 88.4. The number of benzene rings is 3. The summed E-state index contributed by atoms with van der Waals surface area (Å²) in [6.45, 7) is 3.25. The Morgan fingerprint density at radius 3 is 2.74 bits per heavy atom. The highest BCUT2D eigenvalue weighted by molar-refractivity contribution is 6.06. The summed E-state index contributed by atoms with van der Waals surface area (Å²) in [5, 5.41) is 3.02. The number of nitrogens with two attached hydrogens (primary N) is 1. The van der Waals surface area contributed by atoms with Crippen molar-refractivity contribution in [1.29, 1.82) is 0 Å². The molecule has 1 aromatic heterocycles. The Kier molecular flexibility index (Phi) is 6.67. The summed E-state index contributed by atoms with van der Waals surface area (Å²) in [4.78, 5) is 13.4. The van der Waals surface area contributed by atoms with Crippen LogP contribution in [0.3, 0.4) is 0 Å². The van der Waals surface area contributed by atoms with E-state index in [9.17, 15) is 13.2 Å². The number of hydrogen-bond acceptors (Lipinski definition) is 8. The highest BCUT2D eigenvalue weighted by atomic mass is 19.2. The molecular weight excluding hydrogens is 607 g/mol. The number of nitrogens with zero attached hydrogens (tertiary/aromatic N) is 4. The zero-order valence-corrected chi connectivity index (χ0v) is 24.6. The molecule has 0 bridgehead atoms. The molecule has 46 heavy (non-hydrogen) atoms. The van der Waals surface area contributed by atoms with Gasteiger partial charge in [-0.1, -0.05) is 5.92 Å². The number of rotatable bonds is 4. The highest BCUT2D eigenvalue weighted by Crippen LogP contribution is 2.46. The van der Waals surface area contributed by atoms with Gasteiger partial charge < -0.3 is 25.4 Å². The first-order valence-electron chi connectivity index (χ1n) is 15.2. The monoisotopic (exact) mass is 636 g/mol. The number of fused-ring (bicyclic) bond motifs is 4. The van der Waals surface area contributed by atoms with Crippen molar-refractivity contribution in [3.8, 4) is 35.2 Å². The summed E-state index contributed by atoms with van der Waals surface area (Å²) in [7, 11) is 0. The molecule has 5 heterocycles. The second-order valence-electron chi connectivity index (χ2n) is 12.5. The Hall–Kier alpha value is -4.41. The molecule has 8 nitrogen and oxygen atoms in total. The molecule has 238 valence electrons. The minimum atomic E-state index is -1.75. The summed E-state index contributed by atoms with van der Waals surface area (Å²) in [6.07, 6.45) is 6.62. The number of halogens is 5. The summed E-state index contributed by atoms with van der Waals surface area (Å²) in [5.74, 6) is -2.94. The normalized spacial score (nSPS) is 24.0. The topological polar surface area (TPSA) is 88.8 Å². The van der Waals surface area contributed by atoms with Gasteiger partial charge in [-0.15, -0.1) is 6.42 Å². The molecule has 3 saturated heterocycles. The molecule has 3 aromatic carbocycles. The van der Waals surface area contributed by atoms with Gasteiger partial charge in [0, 0.05) is 54.6 Å². The first-order valence-corrected chi connectivity index (χ1v) is 15.2. The van der Waals surface area contributed by atoms with Crippen LogP contribution >= 0.6 is 0 Å². The Morgan fingerprint density at radius 1 is 1.07 bits per heavy atom. The predicted molar refractivity (Wildman–Crippen MR) is 163 cm³/mol. The van der Waals surface area contributed by atoms with Crippen LogP contribution in [-0.4, -0.2) is 78.6 Å². The van der Waals surface area contributed by atoms with Gasteiger partial charge in [0.05, 0.1) is 22.5 Å². The van der Waals surface area contributed by atoms with Crippen LogP contribution < -0.4 is 25.4 Å². The summed E-state index contributed by atoms with van der Waals surface area (Å²) in [5.41, 5.74) is 4.61. The van der Waals surface area contributed by atoms with Gasteiger partial charge in [-0.25, -0.2) is 22.0 Å². The number of anilines is 2. The number of terminal acetylenes is 1. The molecule has 0 unspecified atom stereocenters. The second-order valence-corrected chi connectivity index (χ2v) is 12.5. The maximum atomic E-state index is 16.9. The van der Waals surface area contributed by atoms with Crippen molar-refractivity contribution in [2.24, 2.45) is 0 Å². The fourth-order valence-electron chi connectivity index (χ4n) is 7.70. The number of nitrogen functional groups attached to an aromatic ring is 1. The highest BCUT2D eigenvalue weighted by Gasteiger charge is 2.49. The molecule has 0 saturated carbocycles. The van der Waals surface area contributed by atoms with Crippen molar-refractivity contribution < 1.29 is 31.4 Å². The molecule has 0 aliphatic carbocycles. The van der Waals surface area contributed by atoms with Gasteiger partial charge in [0.2, 0.25) is 0 Å². The van der Waals surface area contributed by atoms with E-state index in [-0.39, 0.29) is 58.7 Å². The molecule has 3 N–H and O–H groups in total. The number of nitrogens with one attached hydrogen (secondary N) is 1. The maximum Gasteiger partial charge on any atom is 0.319 e. The predicted octanol–water partition coefficient (Wildman–Crippen LogP) is 4.70. The third-order valence-electron chi connectivity index (χ3n) is 9.81. The Balaban J connectivity index is 1.35. The number of hydrogen-bond donors (Lipinski definition) is 2. The van der Waals surface area contributed by atoms with Gasteiger partial charge >= 0.3 is 6.01 Å². The van der Waals surface area contributed by atoms with Crippen LogP contribution in [-0.2, 0) is 0 Å². The Bertz CT molecular complexity index is 1990. The Labute approximate surface area is 260 Å². The zero-order valence-electron chi connectivity index (χ0n) is 24.6. The van der Waals surface area contributed by atoms with Crippen molar-refractivity contribution in [2.75, 3.05) is 56.6 Å². The molecule has 4 aliphatic heterocycles. The van der Waals surface area contributed by atoms with E-state index < -0.39 is 45.9 Å². The van der Waals surface area contributed by atoms with E-state index in [1.54, 1.807) is 0 Å². The summed E-state index contributed by atoms with van der Waals surface area (Å²) >= 11 is 0. The van der Waals surface area contributed by atoms with Crippen LogP contribution in [0.25, 0.3) is 32.8 Å². The van der Waals surface area contributed by atoms with Crippen molar-refractivity contribution >= 4 is 33.2 Å². The molecule has 13 heteroatoms. The minimum absolute atomic E-state index is 0.0274. The SMILES string of the molecule is C#Cc1c(F)c(F)c(F)c2cc(N)cc(-c3cc4c5c(nc(OC[C@@]67CCCN6C[C@H](F)C7)nc5c3F)N3CCNC[C@H]3CO4)c12. The van der Waals surface area contributed by atoms with Gasteiger partial charge in [-0.3, -0.25) is 4.90 Å². The first kappa shape index (κ1) is 29.0. The van der Waals surface area contributed by atoms with E-state index in [1.807, 2.05) is 4.90 Å².